The van der Waals surface area contributed by atoms with E-state index in [0.29, 0.717) is 0 Å². The Morgan fingerprint density at radius 2 is 2.17 bits per heavy atom. The summed E-state index contributed by atoms with van der Waals surface area (Å²) in [7, 11) is 0. The van der Waals surface area contributed by atoms with E-state index in [9.17, 15) is 0 Å². The normalized spacial score (nSPS) is 14.7. The predicted octanol–water partition coefficient (Wildman–Crippen LogP) is 2.03. The molecule has 0 bridgehead atoms. The molecule has 12 heavy (non-hydrogen) atoms. The van der Waals surface area contributed by atoms with E-state index in [0.717, 1.165) is 19.0 Å². The van der Waals surface area contributed by atoms with Crippen molar-refractivity contribution in [2.24, 2.45) is 0 Å². The minimum atomic E-state index is 0.820. The monoisotopic (exact) mass is 159 g/mol. The molecule has 60 valence electrons. The van der Waals surface area contributed by atoms with Crippen LogP contribution in [0.4, 0.5) is 0 Å². The fourth-order valence-corrected chi connectivity index (χ4v) is 1.78. The van der Waals surface area contributed by atoms with Crippen LogP contribution in [0.1, 0.15) is 0 Å². The Morgan fingerprint density at radius 1 is 1.25 bits per heavy atom. The quantitative estimate of drug-likeness (QED) is 0.573. The average molecular weight is 159 g/mol. The summed E-state index contributed by atoms with van der Waals surface area (Å²) in [6.07, 6.45) is 0. The van der Waals surface area contributed by atoms with Crippen molar-refractivity contribution in [3.05, 3.63) is 30.3 Å². The Bertz CT molecular complexity index is 430. The lowest BCUT2D eigenvalue weighted by molar-refractivity contribution is 0.357. The second-order valence-electron chi connectivity index (χ2n) is 3.04. The van der Waals surface area contributed by atoms with Gasteiger partial charge in [-0.2, -0.15) is 0 Å². The number of hydrogen-bond acceptors (Lipinski definition) is 1. The maximum atomic E-state index is 5.45. The Labute approximate surface area is 70.4 Å². The molecule has 0 saturated carbocycles. The van der Waals surface area contributed by atoms with Crippen LogP contribution < -0.4 is 4.74 Å². The number of benzene rings is 1. The SMILES string of the molecule is c1ccc2c(c1)cc1n2CCO1. The van der Waals surface area contributed by atoms with E-state index in [1.54, 1.807) is 0 Å². The summed E-state index contributed by atoms with van der Waals surface area (Å²) in [5.74, 6) is 1.01. The molecule has 1 aromatic carbocycles. The molecular formula is C10H9NO. The first-order valence-corrected chi connectivity index (χ1v) is 4.16. The minimum Gasteiger partial charge on any atom is -0.477 e. The molecule has 0 saturated heterocycles. The highest BCUT2D eigenvalue weighted by atomic mass is 16.5. The average Bonchev–Trinajstić information content (AvgIpc) is 2.62. The summed E-state index contributed by atoms with van der Waals surface area (Å²) >= 11 is 0. The molecule has 2 nitrogen and oxygen atoms in total. The van der Waals surface area contributed by atoms with Crippen molar-refractivity contribution in [1.82, 2.24) is 4.57 Å². The molecule has 2 heterocycles. The van der Waals surface area contributed by atoms with E-state index in [-0.39, 0.29) is 0 Å². The van der Waals surface area contributed by atoms with Crippen LogP contribution in [-0.2, 0) is 6.54 Å². The van der Waals surface area contributed by atoms with E-state index in [2.05, 4.69) is 34.9 Å². The van der Waals surface area contributed by atoms with Crippen molar-refractivity contribution in [3.63, 3.8) is 0 Å². The summed E-state index contributed by atoms with van der Waals surface area (Å²) in [4.78, 5) is 0. The third-order valence-electron chi connectivity index (χ3n) is 2.34. The van der Waals surface area contributed by atoms with Crippen LogP contribution in [0.2, 0.25) is 0 Å². The van der Waals surface area contributed by atoms with Crippen molar-refractivity contribution < 1.29 is 4.74 Å². The van der Waals surface area contributed by atoms with Gasteiger partial charge in [0.1, 0.15) is 6.61 Å². The van der Waals surface area contributed by atoms with Crippen LogP contribution in [-0.4, -0.2) is 11.2 Å². The van der Waals surface area contributed by atoms with Crippen molar-refractivity contribution in [2.45, 2.75) is 6.54 Å². The largest absolute Gasteiger partial charge is 0.477 e. The molecule has 0 aliphatic carbocycles. The molecule has 0 amide bonds. The van der Waals surface area contributed by atoms with E-state index < -0.39 is 0 Å². The van der Waals surface area contributed by atoms with Crippen LogP contribution in [0.3, 0.4) is 0 Å². The van der Waals surface area contributed by atoms with Gasteiger partial charge >= 0.3 is 0 Å². The van der Waals surface area contributed by atoms with Crippen molar-refractivity contribution >= 4 is 10.9 Å². The predicted molar refractivity (Wildman–Crippen MR) is 47.4 cm³/mol. The number of para-hydroxylation sites is 1. The van der Waals surface area contributed by atoms with Crippen LogP contribution in [0, 0.1) is 0 Å². The topological polar surface area (TPSA) is 14.2 Å². The minimum absolute atomic E-state index is 0.820. The molecule has 2 aromatic rings. The Balaban J connectivity index is 2.44. The Morgan fingerprint density at radius 3 is 3.17 bits per heavy atom. The number of rotatable bonds is 0. The van der Waals surface area contributed by atoms with Gasteiger partial charge in [0.2, 0.25) is 0 Å². The molecule has 0 radical (unpaired) electrons. The molecule has 0 unspecified atom stereocenters. The fraction of sp³-hybridized carbons (Fsp3) is 0.200. The molecule has 1 aliphatic heterocycles. The molecule has 1 aromatic heterocycles. The number of ether oxygens (including phenoxy) is 1. The van der Waals surface area contributed by atoms with Gasteiger partial charge in [0, 0.05) is 11.5 Å². The lowest BCUT2D eigenvalue weighted by Crippen LogP contribution is -1.92. The molecule has 0 N–H and O–H groups in total. The first-order valence-electron chi connectivity index (χ1n) is 4.16. The lowest BCUT2D eigenvalue weighted by Gasteiger charge is -1.94. The van der Waals surface area contributed by atoms with Crippen LogP contribution in [0.5, 0.6) is 5.88 Å². The summed E-state index contributed by atoms with van der Waals surface area (Å²) in [5.41, 5.74) is 1.28. The van der Waals surface area contributed by atoms with Gasteiger partial charge < -0.3 is 9.30 Å². The van der Waals surface area contributed by atoms with Gasteiger partial charge in [0.25, 0.3) is 0 Å². The highest BCUT2D eigenvalue weighted by Crippen LogP contribution is 2.28. The summed E-state index contributed by atoms with van der Waals surface area (Å²) < 4.78 is 7.66. The van der Waals surface area contributed by atoms with Crippen molar-refractivity contribution in [3.8, 4) is 5.88 Å². The Hall–Kier alpha value is -1.44. The van der Waals surface area contributed by atoms with Gasteiger partial charge in [-0.15, -0.1) is 0 Å². The molecule has 0 fully saturated rings. The smallest absolute Gasteiger partial charge is 0.194 e. The number of nitrogens with zero attached hydrogens (tertiary/aromatic N) is 1. The van der Waals surface area contributed by atoms with Gasteiger partial charge in [-0.1, -0.05) is 18.2 Å². The molecule has 2 heteroatoms. The second kappa shape index (κ2) is 2.03. The van der Waals surface area contributed by atoms with E-state index in [1.807, 2.05) is 0 Å². The van der Waals surface area contributed by atoms with Crippen LogP contribution >= 0.6 is 0 Å². The van der Waals surface area contributed by atoms with Crippen LogP contribution in [0.15, 0.2) is 30.3 Å². The maximum Gasteiger partial charge on any atom is 0.194 e. The highest BCUT2D eigenvalue weighted by molar-refractivity contribution is 5.82. The third kappa shape index (κ3) is 0.644. The van der Waals surface area contributed by atoms with E-state index in [4.69, 9.17) is 4.74 Å². The zero-order valence-corrected chi connectivity index (χ0v) is 6.66. The van der Waals surface area contributed by atoms with E-state index >= 15 is 0 Å². The fourth-order valence-electron chi connectivity index (χ4n) is 1.78. The molecule has 0 spiro atoms. The molecule has 3 rings (SSSR count). The standard InChI is InChI=1S/C10H9NO/c1-2-4-9-8(3-1)7-10-11(9)5-6-12-10/h1-4,7H,5-6H2. The van der Waals surface area contributed by atoms with Gasteiger partial charge in [0.15, 0.2) is 5.88 Å². The van der Waals surface area contributed by atoms with Gasteiger partial charge in [-0.3, -0.25) is 0 Å². The summed E-state index contributed by atoms with van der Waals surface area (Å²) in [6.45, 7) is 1.81. The first-order chi connectivity index (χ1) is 5.95. The van der Waals surface area contributed by atoms with Gasteiger partial charge in [0.05, 0.1) is 12.1 Å². The zero-order chi connectivity index (χ0) is 7.97. The Kier molecular flexibility index (Phi) is 1.04. The van der Waals surface area contributed by atoms with Crippen molar-refractivity contribution in [2.75, 3.05) is 6.61 Å². The maximum absolute atomic E-state index is 5.45. The molecular weight excluding hydrogens is 150 g/mol. The number of hydrogen-bond donors (Lipinski definition) is 0. The molecule has 0 atom stereocenters. The van der Waals surface area contributed by atoms with Gasteiger partial charge in [-0.05, 0) is 6.07 Å². The first kappa shape index (κ1) is 6.12. The number of fused-ring (bicyclic) bond motifs is 3. The van der Waals surface area contributed by atoms with Gasteiger partial charge in [-0.25, -0.2) is 0 Å². The van der Waals surface area contributed by atoms with E-state index in [1.165, 1.54) is 10.9 Å². The lowest BCUT2D eigenvalue weighted by atomic mass is 10.2. The summed E-state index contributed by atoms with van der Waals surface area (Å²) in [5, 5.41) is 1.27. The third-order valence-corrected chi connectivity index (χ3v) is 2.34. The second-order valence-corrected chi connectivity index (χ2v) is 3.04. The highest BCUT2D eigenvalue weighted by Gasteiger charge is 2.13. The summed E-state index contributed by atoms with van der Waals surface area (Å²) in [6, 6.07) is 10.5. The zero-order valence-electron chi connectivity index (χ0n) is 6.66. The van der Waals surface area contributed by atoms with Crippen molar-refractivity contribution in [1.29, 1.82) is 0 Å². The molecule has 1 aliphatic rings. The number of aromatic nitrogens is 1. The van der Waals surface area contributed by atoms with Crippen LogP contribution in [0.25, 0.3) is 10.9 Å².